The van der Waals surface area contributed by atoms with Crippen molar-refractivity contribution >= 4 is 44.4 Å². The van der Waals surface area contributed by atoms with Crippen molar-refractivity contribution in [3.63, 3.8) is 0 Å². The van der Waals surface area contributed by atoms with Gasteiger partial charge in [0.15, 0.2) is 0 Å². The van der Waals surface area contributed by atoms with Crippen LogP contribution >= 0.6 is 11.6 Å². The van der Waals surface area contributed by atoms with Crippen LogP contribution in [0, 0.1) is 10.1 Å². The van der Waals surface area contributed by atoms with Gasteiger partial charge in [-0.15, -0.1) is 0 Å². The molecular formula is C19H16ClN5O4S. The van der Waals surface area contributed by atoms with Crippen molar-refractivity contribution in [2.75, 3.05) is 10.1 Å². The van der Waals surface area contributed by atoms with Crippen molar-refractivity contribution in [3.05, 3.63) is 87.7 Å². The van der Waals surface area contributed by atoms with E-state index in [1.165, 1.54) is 24.3 Å². The summed E-state index contributed by atoms with van der Waals surface area (Å²) in [5, 5.41) is 15.5. The van der Waals surface area contributed by atoms with Crippen molar-refractivity contribution in [1.29, 1.82) is 0 Å². The van der Waals surface area contributed by atoms with Gasteiger partial charge in [0, 0.05) is 18.3 Å². The van der Waals surface area contributed by atoms with E-state index in [2.05, 4.69) is 20.2 Å². The van der Waals surface area contributed by atoms with Crippen LogP contribution in [0.25, 0.3) is 0 Å². The van der Waals surface area contributed by atoms with Gasteiger partial charge >= 0.3 is 0 Å². The average molecular weight is 446 g/mol. The largest absolute Gasteiger partial charge is 0.278 e. The van der Waals surface area contributed by atoms with Crippen LogP contribution in [0.2, 0.25) is 5.02 Å². The number of hydrogen-bond acceptors (Lipinski definition) is 7. The van der Waals surface area contributed by atoms with Crippen LogP contribution in [0.15, 0.2) is 76.9 Å². The Morgan fingerprint density at radius 1 is 1.10 bits per heavy atom. The highest BCUT2D eigenvalue weighted by Gasteiger charge is 2.23. The Labute approximate surface area is 177 Å². The summed E-state index contributed by atoms with van der Waals surface area (Å²) >= 11 is 6.03. The molecule has 154 valence electrons. The number of sulfonamides is 1. The molecule has 2 aromatic carbocycles. The molecule has 0 atom stereocenters. The minimum atomic E-state index is -4.22. The fourth-order valence-electron chi connectivity index (χ4n) is 2.46. The van der Waals surface area contributed by atoms with Crippen LogP contribution in [0.5, 0.6) is 0 Å². The van der Waals surface area contributed by atoms with Gasteiger partial charge in [-0.05, 0) is 37.3 Å². The summed E-state index contributed by atoms with van der Waals surface area (Å²) in [4.78, 5) is 14.3. The number of nitro benzene ring substituents is 1. The zero-order chi connectivity index (χ0) is 21.7. The Kier molecular flexibility index (Phi) is 6.28. The molecule has 0 bridgehead atoms. The van der Waals surface area contributed by atoms with Crippen LogP contribution < -0.4 is 10.1 Å². The SMILES string of the molecule is C/C(=N\Nc1ccc([N+](=O)[O-])cc1S(=O)(=O)Nc1ccccc1Cl)c1ccccn1. The summed E-state index contributed by atoms with van der Waals surface area (Å²) in [7, 11) is -4.22. The number of anilines is 2. The summed E-state index contributed by atoms with van der Waals surface area (Å²) in [5.74, 6) is 0. The first kappa shape index (κ1) is 21.2. The van der Waals surface area contributed by atoms with E-state index in [1.807, 2.05) is 0 Å². The first-order valence-corrected chi connectivity index (χ1v) is 10.4. The van der Waals surface area contributed by atoms with E-state index in [4.69, 9.17) is 11.6 Å². The van der Waals surface area contributed by atoms with Gasteiger partial charge in [0.2, 0.25) is 0 Å². The van der Waals surface area contributed by atoms with Crippen molar-refractivity contribution in [1.82, 2.24) is 4.98 Å². The lowest BCUT2D eigenvalue weighted by Crippen LogP contribution is -2.15. The fourth-order valence-corrected chi connectivity index (χ4v) is 3.96. The molecule has 9 nitrogen and oxygen atoms in total. The topological polar surface area (TPSA) is 127 Å². The first-order chi connectivity index (χ1) is 14.3. The summed E-state index contributed by atoms with van der Waals surface area (Å²) in [6.45, 7) is 1.69. The Morgan fingerprint density at radius 3 is 2.50 bits per heavy atom. The molecule has 0 aliphatic heterocycles. The lowest BCUT2D eigenvalue weighted by atomic mass is 10.2. The summed E-state index contributed by atoms with van der Waals surface area (Å²) in [6.07, 6.45) is 1.60. The van der Waals surface area contributed by atoms with Crippen molar-refractivity contribution < 1.29 is 13.3 Å². The van der Waals surface area contributed by atoms with Crippen LogP contribution in [-0.4, -0.2) is 24.0 Å². The molecule has 3 aromatic rings. The molecule has 0 amide bonds. The predicted octanol–water partition coefficient (Wildman–Crippen LogP) is 4.28. The van der Waals surface area contributed by atoms with E-state index in [9.17, 15) is 18.5 Å². The lowest BCUT2D eigenvalue weighted by molar-refractivity contribution is -0.385. The Hall–Kier alpha value is -3.50. The third-order valence-electron chi connectivity index (χ3n) is 3.96. The van der Waals surface area contributed by atoms with Crippen LogP contribution in [0.1, 0.15) is 12.6 Å². The van der Waals surface area contributed by atoms with Gasteiger partial charge in [-0.25, -0.2) is 8.42 Å². The molecule has 0 spiro atoms. The normalized spacial score (nSPS) is 11.7. The second-order valence-corrected chi connectivity index (χ2v) is 8.10. The smallest absolute Gasteiger partial charge is 0.270 e. The number of nitrogens with zero attached hydrogens (tertiary/aromatic N) is 3. The molecule has 2 N–H and O–H groups in total. The number of halogens is 1. The minimum absolute atomic E-state index is 0.0513. The van der Waals surface area contributed by atoms with Crippen LogP contribution in [-0.2, 0) is 10.0 Å². The van der Waals surface area contributed by atoms with E-state index in [0.29, 0.717) is 11.4 Å². The Bertz CT molecular complexity index is 1220. The zero-order valence-corrected chi connectivity index (χ0v) is 17.2. The number of hydrazone groups is 1. The second-order valence-electron chi connectivity index (χ2n) is 6.05. The Morgan fingerprint density at radius 2 is 1.83 bits per heavy atom. The molecule has 1 aromatic heterocycles. The fraction of sp³-hybridized carbons (Fsp3) is 0.0526. The monoisotopic (exact) mass is 445 g/mol. The number of rotatable bonds is 7. The molecule has 0 saturated heterocycles. The van der Waals surface area contributed by atoms with E-state index in [-0.39, 0.29) is 27.0 Å². The number of nitrogens with one attached hydrogen (secondary N) is 2. The number of aromatic nitrogens is 1. The molecule has 11 heteroatoms. The average Bonchev–Trinajstić information content (AvgIpc) is 2.74. The van der Waals surface area contributed by atoms with E-state index in [0.717, 1.165) is 6.07 Å². The highest BCUT2D eigenvalue weighted by molar-refractivity contribution is 7.93. The Balaban J connectivity index is 2.00. The highest BCUT2D eigenvalue weighted by Crippen LogP contribution is 2.30. The van der Waals surface area contributed by atoms with Gasteiger partial charge in [0.05, 0.1) is 32.7 Å². The summed E-state index contributed by atoms with van der Waals surface area (Å²) in [5.41, 5.74) is 3.55. The maximum absolute atomic E-state index is 13.0. The first-order valence-electron chi connectivity index (χ1n) is 8.55. The lowest BCUT2D eigenvalue weighted by Gasteiger charge is -2.13. The van der Waals surface area contributed by atoms with Gasteiger partial charge in [-0.3, -0.25) is 25.2 Å². The highest BCUT2D eigenvalue weighted by atomic mass is 35.5. The maximum Gasteiger partial charge on any atom is 0.270 e. The molecule has 0 saturated carbocycles. The third kappa shape index (κ3) is 4.91. The van der Waals surface area contributed by atoms with Crippen LogP contribution in [0.3, 0.4) is 0 Å². The number of non-ortho nitro benzene ring substituents is 1. The molecular weight excluding hydrogens is 430 g/mol. The predicted molar refractivity (Wildman–Crippen MR) is 115 cm³/mol. The van der Waals surface area contributed by atoms with E-state index >= 15 is 0 Å². The number of pyridine rings is 1. The third-order valence-corrected chi connectivity index (χ3v) is 5.70. The van der Waals surface area contributed by atoms with Gasteiger partial charge in [-0.1, -0.05) is 29.8 Å². The number of benzene rings is 2. The van der Waals surface area contributed by atoms with Gasteiger partial charge in [0.1, 0.15) is 4.90 Å². The molecule has 0 radical (unpaired) electrons. The number of para-hydroxylation sites is 1. The van der Waals surface area contributed by atoms with Crippen LogP contribution in [0.4, 0.5) is 17.1 Å². The van der Waals surface area contributed by atoms with Crippen molar-refractivity contribution in [2.45, 2.75) is 11.8 Å². The maximum atomic E-state index is 13.0. The van der Waals surface area contributed by atoms with Gasteiger partial charge < -0.3 is 0 Å². The molecule has 0 unspecified atom stereocenters. The van der Waals surface area contributed by atoms with Gasteiger partial charge in [-0.2, -0.15) is 5.10 Å². The zero-order valence-electron chi connectivity index (χ0n) is 15.6. The molecule has 30 heavy (non-hydrogen) atoms. The molecule has 0 aliphatic carbocycles. The van der Waals surface area contributed by atoms with Crippen molar-refractivity contribution in [3.8, 4) is 0 Å². The minimum Gasteiger partial charge on any atom is -0.278 e. The summed E-state index contributed by atoms with van der Waals surface area (Å²) < 4.78 is 28.3. The summed E-state index contributed by atoms with van der Waals surface area (Å²) in [6, 6.07) is 15.0. The molecule has 0 fully saturated rings. The second kappa shape index (κ2) is 8.89. The molecule has 1 heterocycles. The number of nitro groups is 1. The van der Waals surface area contributed by atoms with E-state index < -0.39 is 14.9 Å². The standard InChI is InChI=1S/C19H16ClN5O4S/c1-13(16-7-4-5-11-21-16)22-23-18-10-9-14(25(26)27)12-19(18)30(28,29)24-17-8-3-2-6-15(17)20/h2-12,23-24H,1H3/b22-13+. The quantitative estimate of drug-likeness (QED) is 0.317. The van der Waals surface area contributed by atoms with Gasteiger partial charge in [0.25, 0.3) is 15.7 Å². The van der Waals surface area contributed by atoms with Crippen molar-refractivity contribution in [2.24, 2.45) is 5.10 Å². The van der Waals surface area contributed by atoms with E-state index in [1.54, 1.807) is 43.5 Å². The molecule has 3 rings (SSSR count). The molecule has 0 aliphatic rings. The number of hydrogen-bond donors (Lipinski definition) is 2.